The normalized spacial score (nSPS) is 15.9. The van der Waals surface area contributed by atoms with E-state index in [0.29, 0.717) is 23.8 Å². The summed E-state index contributed by atoms with van der Waals surface area (Å²) in [6.45, 7) is 2.17. The zero-order chi connectivity index (χ0) is 19.7. The maximum absolute atomic E-state index is 12.7. The Morgan fingerprint density at radius 1 is 1.04 bits per heavy atom. The van der Waals surface area contributed by atoms with Crippen LogP contribution in [0.25, 0.3) is 22.3 Å². The van der Waals surface area contributed by atoms with Crippen LogP contribution in [0.15, 0.2) is 51.7 Å². The van der Waals surface area contributed by atoms with Crippen molar-refractivity contribution in [3.63, 3.8) is 0 Å². The lowest BCUT2D eigenvalue weighted by molar-refractivity contribution is 0.127. The minimum atomic E-state index is -0.349. The minimum Gasteiger partial charge on any atom is -0.507 e. The van der Waals surface area contributed by atoms with E-state index in [1.54, 1.807) is 0 Å². The van der Waals surface area contributed by atoms with Gasteiger partial charge in [-0.25, -0.2) is 0 Å². The number of nitrogens with zero attached hydrogens (tertiary/aromatic N) is 1. The third-order valence-corrected chi connectivity index (χ3v) is 5.47. The zero-order valence-electron chi connectivity index (χ0n) is 15.5. The van der Waals surface area contributed by atoms with Crippen LogP contribution in [0.4, 0.5) is 0 Å². The lowest BCUT2D eigenvalue weighted by Crippen LogP contribution is -2.34. The van der Waals surface area contributed by atoms with E-state index in [9.17, 15) is 20.1 Å². The summed E-state index contributed by atoms with van der Waals surface area (Å²) in [7, 11) is 0. The summed E-state index contributed by atoms with van der Waals surface area (Å²) in [5.74, 6) is 0.318. The Labute approximate surface area is 162 Å². The fourth-order valence-electron chi connectivity index (χ4n) is 3.80. The van der Waals surface area contributed by atoms with Gasteiger partial charge in [-0.15, -0.1) is 0 Å². The molecular formula is C22H23NO5. The average Bonchev–Trinajstić information content (AvgIpc) is 2.71. The number of fused-ring (bicyclic) bond motifs is 1. The van der Waals surface area contributed by atoms with Gasteiger partial charge in [0.05, 0.1) is 5.56 Å². The van der Waals surface area contributed by atoms with E-state index in [1.807, 2.05) is 30.3 Å². The highest BCUT2D eigenvalue weighted by atomic mass is 16.3. The molecule has 1 saturated heterocycles. The maximum Gasteiger partial charge on any atom is 0.197 e. The SMILES string of the molecule is O=c1cc(-c2ccccc2)oc2c(CN3CCC(CO)CC3)c(O)cc(O)c12. The second-order valence-corrected chi connectivity index (χ2v) is 7.34. The second kappa shape index (κ2) is 7.66. The molecule has 6 heteroatoms. The number of phenols is 2. The highest BCUT2D eigenvalue weighted by molar-refractivity contribution is 5.89. The monoisotopic (exact) mass is 381 g/mol. The number of aliphatic hydroxyl groups excluding tert-OH is 1. The van der Waals surface area contributed by atoms with Crippen LogP contribution >= 0.6 is 0 Å². The lowest BCUT2D eigenvalue weighted by atomic mass is 9.97. The van der Waals surface area contributed by atoms with Gasteiger partial charge in [-0.1, -0.05) is 30.3 Å². The number of phenolic OH excluding ortho intramolecular Hbond substituents is 2. The van der Waals surface area contributed by atoms with Crippen LogP contribution < -0.4 is 5.43 Å². The van der Waals surface area contributed by atoms with Gasteiger partial charge in [0.1, 0.15) is 22.6 Å². The molecular weight excluding hydrogens is 358 g/mol. The van der Waals surface area contributed by atoms with Crippen LogP contribution in [0, 0.1) is 5.92 Å². The Morgan fingerprint density at radius 2 is 1.75 bits per heavy atom. The van der Waals surface area contributed by atoms with Crippen molar-refractivity contribution in [2.24, 2.45) is 5.92 Å². The minimum absolute atomic E-state index is 0.0812. The molecule has 0 bridgehead atoms. The summed E-state index contributed by atoms with van der Waals surface area (Å²) in [6, 6.07) is 11.8. The molecule has 3 N–H and O–H groups in total. The fraction of sp³-hybridized carbons (Fsp3) is 0.318. The lowest BCUT2D eigenvalue weighted by Gasteiger charge is -2.31. The summed E-state index contributed by atoms with van der Waals surface area (Å²) >= 11 is 0. The highest BCUT2D eigenvalue weighted by Crippen LogP contribution is 2.36. The molecule has 3 aromatic rings. The summed E-state index contributed by atoms with van der Waals surface area (Å²) in [6.07, 6.45) is 1.76. The molecule has 6 nitrogen and oxygen atoms in total. The molecule has 1 aliphatic rings. The van der Waals surface area contributed by atoms with Crippen molar-refractivity contribution in [2.45, 2.75) is 19.4 Å². The summed E-state index contributed by atoms with van der Waals surface area (Å²) < 4.78 is 6.02. The highest BCUT2D eigenvalue weighted by Gasteiger charge is 2.23. The third-order valence-electron chi connectivity index (χ3n) is 5.47. The van der Waals surface area contributed by atoms with Gasteiger partial charge >= 0.3 is 0 Å². The van der Waals surface area contributed by atoms with Crippen molar-refractivity contribution in [3.8, 4) is 22.8 Å². The number of piperidine rings is 1. The van der Waals surface area contributed by atoms with Crippen LogP contribution in [-0.2, 0) is 6.54 Å². The number of aliphatic hydroxyl groups is 1. The molecule has 2 aromatic carbocycles. The first-order valence-corrected chi connectivity index (χ1v) is 9.47. The Balaban J connectivity index is 1.79. The molecule has 0 aliphatic carbocycles. The van der Waals surface area contributed by atoms with Crippen LogP contribution in [0.3, 0.4) is 0 Å². The number of hydrogen-bond acceptors (Lipinski definition) is 6. The number of rotatable bonds is 4. The first-order valence-electron chi connectivity index (χ1n) is 9.47. The van der Waals surface area contributed by atoms with Crippen molar-refractivity contribution >= 4 is 11.0 Å². The van der Waals surface area contributed by atoms with Gasteiger partial charge in [0, 0.05) is 30.8 Å². The Kier molecular flexibility index (Phi) is 5.07. The Hall–Kier alpha value is -2.83. The van der Waals surface area contributed by atoms with Gasteiger partial charge in [0.2, 0.25) is 0 Å². The Morgan fingerprint density at radius 3 is 2.43 bits per heavy atom. The number of aromatic hydroxyl groups is 2. The molecule has 146 valence electrons. The van der Waals surface area contributed by atoms with Crippen molar-refractivity contribution in [1.82, 2.24) is 4.90 Å². The molecule has 1 aliphatic heterocycles. The van der Waals surface area contributed by atoms with Gasteiger partial charge in [0.15, 0.2) is 11.0 Å². The van der Waals surface area contributed by atoms with E-state index in [-0.39, 0.29) is 34.5 Å². The van der Waals surface area contributed by atoms with Gasteiger partial charge in [-0.3, -0.25) is 9.69 Å². The molecule has 0 radical (unpaired) electrons. The van der Waals surface area contributed by atoms with E-state index in [4.69, 9.17) is 4.42 Å². The average molecular weight is 381 g/mol. The molecule has 2 heterocycles. The summed E-state index contributed by atoms with van der Waals surface area (Å²) in [5.41, 5.74) is 1.11. The first kappa shape index (κ1) is 18.5. The van der Waals surface area contributed by atoms with Crippen molar-refractivity contribution in [1.29, 1.82) is 0 Å². The van der Waals surface area contributed by atoms with Gasteiger partial charge < -0.3 is 19.7 Å². The number of hydrogen-bond donors (Lipinski definition) is 3. The third kappa shape index (κ3) is 3.48. The quantitative estimate of drug-likeness (QED) is 0.643. The fourth-order valence-corrected chi connectivity index (χ4v) is 3.80. The zero-order valence-corrected chi connectivity index (χ0v) is 15.5. The maximum atomic E-state index is 12.7. The predicted octanol–water partition coefficient (Wildman–Crippen LogP) is 3.08. The predicted molar refractivity (Wildman–Crippen MR) is 106 cm³/mol. The molecule has 28 heavy (non-hydrogen) atoms. The molecule has 0 amide bonds. The molecule has 0 spiro atoms. The molecule has 0 atom stereocenters. The van der Waals surface area contributed by atoms with Crippen molar-refractivity contribution < 1.29 is 19.7 Å². The van der Waals surface area contributed by atoms with Gasteiger partial charge in [-0.2, -0.15) is 0 Å². The first-order chi connectivity index (χ1) is 13.6. The standard InChI is InChI=1S/C22H23NO5/c24-13-14-6-8-23(9-7-14)12-16-17(25)10-18(26)21-19(27)11-20(28-22(16)21)15-4-2-1-3-5-15/h1-5,10-11,14,24-26H,6-9,12-13H2. The largest absolute Gasteiger partial charge is 0.507 e. The summed E-state index contributed by atoms with van der Waals surface area (Å²) in [4.78, 5) is 14.8. The number of likely N-dealkylation sites (tertiary alicyclic amines) is 1. The van der Waals surface area contributed by atoms with E-state index in [2.05, 4.69) is 4.90 Å². The molecule has 4 rings (SSSR count). The molecule has 0 unspecified atom stereocenters. The topological polar surface area (TPSA) is 94.1 Å². The molecule has 0 saturated carbocycles. The second-order valence-electron chi connectivity index (χ2n) is 7.34. The Bertz CT molecular complexity index is 1040. The van der Waals surface area contributed by atoms with E-state index in [1.165, 1.54) is 12.1 Å². The summed E-state index contributed by atoms with van der Waals surface area (Å²) in [5, 5.41) is 30.1. The molecule has 1 fully saturated rings. The van der Waals surface area contributed by atoms with Gasteiger partial charge in [0.25, 0.3) is 0 Å². The van der Waals surface area contributed by atoms with E-state index >= 15 is 0 Å². The van der Waals surface area contributed by atoms with Crippen molar-refractivity contribution in [2.75, 3.05) is 19.7 Å². The number of benzene rings is 2. The van der Waals surface area contributed by atoms with E-state index in [0.717, 1.165) is 31.5 Å². The van der Waals surface area contributed by atoms with Crippen LogP contribution in [0.2, 0.25) is 0 Å². The van der Waals surface area contributed by atoms with Gasteiger partial charge in [-0.05, 0) is 31.8 Å². The smallest absolute Gasteiger partial charge is 0.197 e. The van der Waals surface area contributed by atoms with Crippen molar-refractivity contribution in [3.05, 3.63) is 58.3 Å². The molecule has 1 aromatic heterocycles. The van der Waals surface area contributed by atoms with Crippen LogP contribution in [0.1, 0.15) is 18.4 Å². The van der Waals surface area contributed by atoms with Crippen LogP contribution in [0.5, 0.6) is 11.5 Å². The van der Waals surface area contributed by atoms with E-state index < -0.39 is 0 Å². The van der Waals surface area contributed by atoms with Crippen LogP contribution in [-0.4, -0.2) is 39.9 Å².